The summed E-state index contributed by atoms with van der Waals surface area (Å²) >= 11 is 3.15. The third-order valence-electron chi connectivity index (χ3n) is 4.29. The van der Waals surface area contributed by atoms with Crippen molar-refractivity contribution in [3.8, 4) is 22.6 Å². The molecular weight excluding hydrogens is 395 g/mol. The van der Waals surface area contributed by atoms with Gasteiger partial charge in [0.25, 0.3) is 0 Å². The van der Waals surface area contributed by atoms with Crippen LogP contribution in [-0.4, -0.2) is 24.2 Å². The van der Waals surface area contributed by atoms with Gasteiger partial charge in [-0.1, -0.05) is 18.2 Å². The molecule has 7 heteroatoms. The number of ether oxygens (including phenoxy) is 2. The Morgan fingerprint density at radius 1 is 1.04 bits per heavy atom. The Kier molecular flexibility index (Phi) is 5.45. The molecule has 0 saturated heterocycles. The lowest BCUT2D eigenvalue weighted by molar-refractivity contribution is 0.355. The molecule has 0 saturated carbocycles. The standard InChI is InChI=1S/C21H17FN2O2S2/c1-25-17-7-6-14(9-18(17)26-2)16-11-28-21-19(16)20(23-12-24-21)27-10-13-4-3-5-15(22)8-13/h3-9,11-12H,10H2,1-2H3. The third-order valence-corrected chi connectivity index (χ3v) is 6.24. The average Bonchev–Trinajstić information content (AvgIpc) is 3.16. The predicted octanol–water partition coefficient (Wildman–Crippen LogP) is 5.81. The van der Waals surface area contributed by atoms with Crippen molar-refractivity contribution in [2.75, 3.05) is 14.2 Å². The van der Waals surface area contributed by atoms with Crippen molar-refractivity contribution >= 4 is 33.3 Å². The second kappa shape index (κ2) is 8.16. The lowest BCUT2D eigenvalue weighted by atomic mass is 10.1. The topological polar surface area (TPSA) is 44.2 Å². The molecule has 0 spiro atoms. The smallest absolute Gasteiger partial charge is 0.161 e. The second-order valence-corrected chi connectivity index (χ2v) is 7.82. The monoisotopic (exact) mass is 412 g/mol. The van der Waals surface area contributed by atoms with E-state index < -0.39 is 0 Å². The van der Waals surface area contributed by atoms with Crippen LogP contribution < -0.4 is 9.47 Å². The van der Waals surface area contributed by atoms with Crippen LogP contribution in [0, 0.1) is 5.82 Å². The number of thioether (sulfide) groups is 1. The zero-order valence-electron chi connectivity index (χ0n) is 15.3. The van der Waals surface area contributed by atoms with E-state index in [0.29, 0.717) is 17.3 Å². The summed E-state index contributed by atoms with van der Waals surface area (Å²) in [4.78, 5) is 9.82. The lowest BCUT2D eigenvalue weighted by Crippen LogP contribution is -1.91. The summed E-state index contributed by atoms with van der Waals surface area (Å²) in [6.07, 6.45) is 1.57. The van der Waals surface area contributed by atoms with E-state index in [9.17, 15) is 4.39 Å². The summed E-state index contributed by atoms with van der Waals surface area (Å²) in [5, 5.41) is 3.95. The molecule has 2 heterocycles. The number of benzene rings is 2. The fourth-order valence-electron chi connectivity index (χ4n) is 2.95. The van der Waals surface area contributed by atoms with Gasteiger partial charge in [-0.2, -0.15) is 0 Å². The Hall–Kier alpha value is -2.64. The maximum Gasteiger partial charge on any atom is 0.161 e. The molecule has 0 aliphatic heterocycles. The number of hydrogen-bond acceptors (Lipinski definition) is 6. The molecule has 28 heavy (non-hydrogen) atoms. The SMILES string of the molecule is COc1ccc(-c2csc3ncnc(SCc4cccc(F)c4)c23)cc1OC. The molecule has 2 aromatic carbocycles. The molecule has 0 fully saturated rings. The number of hydrogen-bond donors (Lipinski definition) is 0. The van der Waals surface area contributed by atoms with E-state index in [2.05, 4.69) is 15.3 Å². The average molecular weight is 413 g/mol. The van der Waals surface area contributed by atoms with E-state index in [1.165, 1.54) is 6.07 Å². The molecule has 0 bridgehead atoms. The highest BCUT2D eigenvalue weighted by Crippen LogP contribution is 2.41. The van der Waals surface area contributed by atoms with Gasteiger partial charge in [-0.05, 0) is 35.4 Å². The summed E-state index contributed by atoms with van der Waals surface area (Å²) < 4.78 is 24.2. The number of halogens is 1. The predicted molar refractivity (Wildman–Crippen MR) is 112 cm³/mol. The van der Waals surface area contributed by atoms with Crippen LogP contribution in [0.5, 0.6) is 11.5 Å². The molecule has 0 radical (unpaired) electrons. The number of aromatic nitrogens is 2. The van der Waals surface area contributed by atoms with Crippen molar-refractivity contribution in [2.24, 2.45) is 0 Å². The summed E-state index contributed by atoms with van der Waals surface area (Å²) in [7, 11) is 3.24. The Morgan fingerprint density at radius 3 is 2.68 bits per heavy atom. The van der Waals surface area contributed by atoms with E-state index in [-0.39, 0.29) is 5.82 Å². The Labute approximate surface area is 170 Å². The molecule has 4 rings (SSSR count). The fraction of sp³-hybridized carbons (Fsp3) is 0.143. The molecule has 0 atom stereocenters. The van der Waals surface area contributed by atoms with E-state index in [1.807, 2.05) is 24.3 Å². The van der Waals surface area contributed by atoms with Crippen LogP contribution >= 0.6 is 23.1 Å². The van der Waals surface area contributed by atoms with E-state index in [4.69, 9.17) is 9.47 Å². The molecule has 0 aliphatic rings. The van der Waals surface area contributed by atoms with Crippen molar-refractivity contribution in [1.29, 1.82) is 0 Å². The van der Waals surface area contributed by atoms with Crippen LogP contribution in [0.3, 0.4) is 0 Å². The fourth-order valence-corrected chi connectivity index (χ4v) is 4.89. The molecule has 0 aliphatic carbocycles. The minimum Gasteiger partial charge on any atom is -0.493 e. The van der Waals surface area contributed by atoms with E-state index in [1.54, 1.807) is 55.8 Å². The summed E-state index contributed by atoms with van der Waals surface area (Å²) in [6.45, 7) is 0. The van der Waals surface area contributed by atoms with Gasteiger partial charge in [0.1, 0.15) is 22.0 Å². The van der Waals surface area contributed by atoms with Crippen LogP contribution in [0.2, 0.25) is 0 Å². The quantitative estimate of drug-likeness (QED) is 0.295. The van der Waals surface area contributed by atoms with Crippen molar-refractivity contribution in [1.82, 2.24) is 9.97 Å². The first-order valence-corrected chi connectivity index (χ1v) is 10.4. The Balaban J connectivity index is 1.73. The van der Waals surface area contributed by atoms with Gasteiger partial charge >= 0.3 is 0 Å². The van der Waals surface area contributed by atoms with Gasteiger partial charge in [0, 0.05) is 16.7 Å². The molecule has 4 nitrogen and oxygen atoms in total. The summed E-state index contributed by atoms with van der Waals surface area (Å²) in [6, 6.07) is 12.5. The van der Waals surface area contributed by atoms with Gasteiger partial charge < -0.3 is 9.47 Å². The van der Waals surface area contributed by atoms with Gasteiger partial charge in [0.05, 0.1) is 19.6 Å². The molecule has 4 aromatic rings. The molecule has 142 valence electrons. The van der Waals surface area contributed by atoms with Crippen molar-refractivity contribution < 1.29 is 13.9 Å². The highest BCUT2D eigenvalue weighted by molar-refractivity contribution is 7.98. The van der Waals surface area contributed by atoms with Crippen LogP contribution in [0.25, 0.3) is 21.3 Å². The second-order valence-electron chi connectivity index (χ2n) is 6.00. The Morgan fingerprint density at radius 2 is 1.89 bits per heavy atom. The molecular formula is C21H17FN2O2S2. The van der Waals surface area contributed by atoms with Crippen LogP contribution in [0.4, 0.5) is 4.39 Å². The molecule has 0 N–H and O–H groups in total. The third kappa shape index (κ3) is 3.68. The van der Waals surface area contributed by atoms with Crippen LogP contribution in [0.15, 0.2) is 59.2 Å². The maximum absolute atomic E-state index is 13.5. The first kappa shape index (κ1) is 18.7. The summed E-state index contributed by atoms with van der Waals surface area (Å²) in [5.41, 5.74) is 2.97. The highest BCUT2D eigenvalue weighted by atomic mass is 32.2. The van der Waals surface area contributed by atoms with Crippen molar-refractivity contribution in [3.63, 3.8) is 0 Å². The normalized spacial score (nSPS) is 11.0. The molecule has 0 amide bonds. The van der Waals surface area contributed by atoms with Gasteiger partial charge in [-0.15, -0.1) is 23.1 Å². The maximum atomic E-state index is 13.5. The summed E-state index contributed by atoms with van der Waals surface area (Å²) in [5.74, 6) is 1.76. The number of methoxy groups -OCH3 is 2. The first-order chi connectivity index (χ1) is 13.7. The molecule has 2 aromatic heterocycles. The number of rotatable bonds is 6. The zero-order chi connectivity index (χ0) is 19.5. The lowest BCUT2D eigenvalue weighted by Gasteiger charge is -2.10. The van der Waals surface area contributed by atoms with Crippen molar-refractivity contribution in [3.05, 3.63) is 65.6 Å². The van der Waals surface area contributed by atoms with Crippen molar-refractivity contribution in [2.45, 2.75) is 10.8 Å². The van der Waals surface area contributed by atoms with Crippen LogP contribution in [-0.2, 0) is 5.75 Å². The first-order valence-electron chi connectivity index (χ1n) is 8.51. The largest absolute Gasteiger partial charge is 0.493 e. The van der Waals surface area contributed by atoms with Crippen LogP contribution in [0.1, 0.15) is 5.56 Å². The van der Waals surface area contributed by atoms with Gasteiger partial charge in [-0.25, -0.2) is 14.4 Å². The van der Waals surface area contributed by atoms with Gasteiger partial charge in [0.15, 0.2) is 11.5 Å². The zero-order valence-corrected chi connectivity index (χ0v) is 16.9. The molecule has 0 unspecified atom stereocenters. The number of nitrogens with zero attached hydrogens (tertiary/aromatic N) is 2. The van der Waals surface area contributed by atoms with Gasteiger partial charge in [0.2, 0.25) is 0 Å². The number of thiophene rings is 1. The minimum absolute atomic E-state index is 0.229. The van der Waals surface area contributed by atoms with E-state index in [0.717, 1.165) is 31.9 Å². The van der Waals surface area contributed by atoms with Gasteiger partial charge in [-0.3, -0.25) is 0 Å². The number of fused-ring (bicyclic) bond motifs is 1. The van der Waals surface area contributed by atoms with E-state index >= 15 is 0 Å². The highest BCUT2D eigenvalue weighted by Gasteiger charge is 2.15. The Bertz CT molecular complexity index is 1130. The minimum atomic E-state index is -0.229.